The maximum absolute atomic E-state index is 9.11. The largest absolute Gasteiger partial charge is 0.411 e. The molecule has 3 heteroatoms. The van der Waals surface area contributed by atoms with Crippen LogP contribution in [0.4, 0.5) is 0 Å². The van der Waals surface area contributed by atoms with E-state index in [0.717, 1.165) is 27.7 Å². The molecule has 19 heavy (non-hydrogen) atoms. The van der Waals surface area contributed by atoms with Gasteiger partial charge < -0.3 is 10.2 Å². The molecule has 0 saturated carbocycles. The van der Waals surface area contributed by atoms with Crippen molar-refractivity contribution in [2.24, 2.45) is 5.16 Å². The lowest BCUT2D eigenvalue weighted by Gasteiger charge is -2.03. The molecular formula is C16H14N2O. The quantitative estimate of drug-likeness (QED) is 0.402. The third-order valence-corrected chi connectivity index (χ3v) is 3.28. The van der Waals surface area contributed by atoms with E-state index in [9.17, 15) is 0 Å². The Bertz CT molecular complexity index is 742. The van der Waals surface area contributed by atoms with Crippen LogP contribution in [0.2, 0.25) is 0 Å². The van der Waals surface area contributed by atoms with Crippen LogP contribution in [0.25, 0.3) is 22.2 Å². The summed E-state index contributed by atoms with van der Waals surface area (Å²) in [4.78, 5) is 3.40. The highest BCUT2D eigenvalue weighted by Gasteiger charge is 2.15. The minimum absolute atomic E-state index is 0.608. The minimum atomic E-state index is 0.608. The summed E-state index contributed by atoms with van der Waals surface area (Å²) in [6.45, 7) is 1.81. The molecule has 0 amide bonds. The number of rotatable bonds is 2. The Kier molecular flexibility index (Phi) is 2.80. The zero-order valence-corrected chi connectivity index (χ0v) is 10.6. The van der Waals surface area contributed by atoms with Gasteiger partial charge in [0.2, 0.25) is 0 Å². The molecule has 0 aliphatic carbocycles. The molecule has 2 aromatic carbocycles. The molecule has 0 atom stereocenters. The number of fused-ring (bicyclic) bond motifs is 1. The van der Waals surface area contributed by atoms with Crippen molar-refractivity contribution in [3.8, 4) is 11.3 Å². The normalized spacial score (nSPS) is 11.9. The van der Waals surface area contributed by atoms with Crippen LogP contribution in [-0.4, -0.2) is 15.9 Å². The van der Waals surface area contributed by atoms with Crippen LogP contribution in [0.3, 0.4) is 0 Å². The molecule has 2 N–H and O–H groups in total. The van der Waals surface area contributed by atoms with Crippen LogP contribution in [0.5, 0.6) is 0 Å². The lowest BCUT2D eigenvalue weighted by atomic mass is 10.0. The van der Waals surface area contributed by atoms with Crippen molar-refractivity contribution >= 4 is 16.6 Å². The van der Waals surface area contributed by atoms with Gasteiger partial charge >= 0.3 is 0 Å². The van der Waals surface area contributed by atoms with Gasteiger partial charge in [-0.3, -0.25) is 0 Å². The van der Waals surface area contributed by atoms with E-state index in [2.05, 4.69) is 10.1 Å². The average Bonchev–Trinajstić information content (AvgIpc) is 2.87. The van der Waals surface area contributed by atoms with E-state index in [1.165, 1.54) is 0 Å². The van der Waals surface area contributed by atoms with Gasteiger partial charge in [-0.05, 0) is 18.6 Å². The molecule has 3 aromatic rings. The van der Waals surface area contributed by atoms with Gasteiger partial charge in [-0.1, -0.05) is 53.7 Å². The Morgan fingerprint density at radius 1 is 1.00 bits per heavy atom. The first-order valence-corrected chi connectivity index (χ1v) is 6.16. The maximum Gasteiger partial charge on any atom is 0.0864 e. The highest BCUT2D eigenvalue weighted by molar-refractivity contribution is 6.14. The van der Waals surface area contributed by atoms with E-state index in [1.807, 2.05) is 61.5 Å². The van der Waals surface area contributed by atoms with Crippen molar-refractivity contribution < 1.29 is 5.21 Å². The van der Waals surface area contributed by atoms with Gasteiger partial charge in [0.15, 0.2) is 0 Å². The van der Waals surface area contributed by atoms with E-state index >= 15 is 0 Å². The number of benzene rings is 2. The first-order chi connectivity index (χ1) is 9.31. The summed E-state index contributed by atoms with van der Waals surface area (Å²) in [7, 11) is 0. The zero-order chi connectivity index (χ0) is 13.2. The first kappa shape index (κ1) is 11.5. The smallest absolute Gasteiger partial charge is 0.0864 e. The molecule has 3 rings (SSSR count). The maximum atomic E-state index is 9.11. The summed E-state index contributed by atoms with van der Waals surface area (Å²) in [6.07, 6.45) is 0. The molecule has 0 fully saturated rings. The van der Waals surface area contributed by atoms with Crippen LogP contribution >= 0.6 is 0 Å². The lowest BCUT2D eigenvalue weighted by Crippen LogP contribution is -1.96. The highest BCUT2D eigenvalue weighted by atomic mass is 16.4. The van der Waals surface area contributed by atoms with Gasteiger partial charge in [-0.15, -0.1) is 0 Å². The molecule has 0 bridgehead atoms. The molecule has 94 valence electrons. The molecular weight excluding hydrogens is 236 g/mol. The van der Waals surface area contributed by atoms with Crippen molar-refractivity contribution in [3.63, 3.8) is 0 Å². The topological polar surface area (TPSA) is 48.4 Å². The molecule has 0 aliphatic heterocycles. The van der Waals surface area contributed by atoms with Crippen molar-refractivity contribution in [3.05, 3.63) is 60.2 Å². The van der Waals surface area contributed by atoms with E-state index < -0.39 is 0 Å². The van der Waals surface area contributed by atoms with Gasteiger partial charge in [0.1, 0.15) is 0 Å². The molecule has 0 spiro atoms. The highest BCUT2D eigenvalue weighted by Crippen LogP contribution is 2.30. The van der Waals surface area contributed by atoms with E-state index in [-0.39, 0.29) is 0 Å². The van der Waals surface area contributed by atoms with Gasteiger partial charge in [-0.2, -0.15) is 0 Å². The molecule has 1 aromatic heterocycles. The van der Waals surface area contributed by atoms with Crippen molar-refractivity contribution in [2.75, 3.05) is 0 Å². The summed E-state index contributed by atoms with van der Waals surface area (Å²) in [5.74, 6) is 0. The van der Waals surface area contributed by atoms with Crippen LogP contribution in [0, 0.1) is 0 Å². The fourth-order valence-corrected chi connectivity index (χ4v) is 2.39. The second kappa shape index (κ2) is 4.61. The Balaban J connectivity index is 2.36. The van der Waals surface area contributed by atoms with Gasteiger partial charge in [-0.25, -0.2) is 0 Å². The van der Waals surface area contributed by atoms with E-state index in [0.29, 0.717) is 5.71 Å². The van der Waals surface area contributed by atoms with Crippen molar-refractivity contribution in [1.82, 2.24) is 4.98 Å². The number of nitrogens with zero attached hydrogens (tertiary/aromatic N) is 1. The summed E-state index contributed by atoms with van der Waals surface area (Å²) >= 11 is 0. The number of nitrogens with one attached hydrogen (secondary N) is 1. The molecule has 3 nitrogen and oxygen atoms in total. The second-order valence-corrected chi connectivity index (χ2v) is 4.47. The summed E-state index contributed by atoms with van der Waals surface area (Å²) in [6, 6.07) is 18.1. The van der Waals surface area contributed by atoms with E-state index in [4.69, 9.17) is 5.21 Å². The summed E-state index contributed by atoms with van der Waals surface area (Å²) in [5.41, 5.74) is 4.66. The SMILES string of the molecule is C/C(=N\O)c1c(-c2ccccc2)[nH]c2ccccc12. The number of aromatic nitrogens is 1. The van der Waals surface area contributed by atoms with Gasteiger partial charge in [0.05, 0.1) is 11.4 Å². The fraction of sp³-hybridized carbons (Fsp3) is 0.0625. The predicted octanol–water partition coefficient (Wildman–Crippen LogP) is 4.03. The standard InChI is InChI=1S/C16H14N2O/c1-11(18-19)15-13-9-5-6-10-14(13)17-16(15)12-7-3-2-4-8-12/h2-10,17,19H,1H3/b18-11+. The summed E-state index contributed by atoms with van der Waals surface area (Å²) < 4.78 is 0. The molecule has 0 aliphatic rings. The molecule has 0 unspecified atom stereocenters. The fourth-order valence-electron chi connectivity index (χ4n) is 2.39. The van der Waals surface area contributed by atoms with Crippen molar-refractivity contribution in [2.45, 2.75) is 6.92 Å². The monoisotopic (exact) mass is 250 g/mol. The number of hydrogen-bond acceptors (Lipinski definition) is 2. The number of hydrogen-bond donors (Lipinski definition) is 2. The molecule has 0 radical (unpaired) electrons. The molecule has 0 saturated heterocycles. The Hall–Kier alpha value is -2.55. The summed E-state index contributed by atoms with van der Waals surface area (Å²) in [5, 5.41) is 13.5. The van der Waals surface area contributed by atoms with Gasteiger partial charge in [0.25, 0.3) is 0 Å². The molecule has 1 heterocycles. The number of para-hydroxylation sites is 1. The van der Waals surface area contributed by atoms with Crippen LogP contribution in [0.15, 0.2) is 59.8 Å². The number of aromatic amines is 1. The Labute approximate surface area is 111 Å². The second-order valence-electron chi connectivity index (χ2n) is 4.47. The van der Waals surface area contributed by atoms with Crippen LogP contribution in [0.1, 0.15) is 12.5 Å². The Morgan fingerprint density at radius 2 is 1.68 bits per heavy atom. The average molecular weight is 250 g/mol. The predicted molar refractivity (Wildman–Crippen MR) is 77.7 cm³/mol. The number of H-pyrrole nitrogens is 1. The van der Waals surface area contributed by atoms with E-state index in [1.54, 1.807) is 0 Å². The zero-order valence-electron chi connectivity index (χ0n) is 10.6. The first-order valence-electron chi connectivity index (χ1n) is 6.16. The number of oxime groups is 1. The lowest BCUT2D eigenvalue weighted by molar-refractivity contribution is 0.319. The third kappa shape index (κ3) is 1.89. The van der Waals surface area contributed by atoms with Crippen LogP contribution < -0.4 is 0 Å². The van der Waals surface area contributed by atoms with Crippen LogP contribution in [-0.2, 0) is 0 Å². The third-order valence-electron chi connectivity index (χ3n) is 3.28. The Morgan fingerprint density at radius 3 is 2.42 bits per heavy atom. The van der Waals surface area contributed by atoms with Crippen molar-refractivity contribution in [1.29, 1.82) is 0 Å². The minimum Gasteiger partial charge on any atom is -0.411 e. The van der Waals surface area contributed by atoms with Gasteiger partial charge in [0, 0.05) is 16.5 Å².